The Bertz CT molecular complexity index is 950. The van der Waals surface area contributed by atoms with Gasteiger partial charge in [-0.1, -0.05) is 12.1 Å². The Hall–Kier alpha value is -2.40. The molecular formula is C25H27F2NO2. The first-order valence-corrected chi connectivity index (χ1v) is 10.9. The van der Waals surface area contributed by atoms with Crippen LogP contribution in [0.2, 0.25) is 0 Å². The number of hydrogen-bond donors (Lipinski definition) is 0. The second-order valence-electron chi connectivity index (χ2n) is 8.64. The number of halogens is 2. The third kappa shape index (κ3) is 4.08. The number of hydrogen-bond acceptors (Lipinski definition) is 3. The molecule has 158 valence electrons. The third-order valence-corrected chi connectivity index (χ3v) is 6.81. The minimum absolute atomic E-state index is 0.285. The summed E-state index contributed by atoms with van der Waals surface area (Å²) < 4.78 is 38.3. The van der Waals surface area contributed by atoms with Gasteiger partial charge in [-0.2, -0.15) is 0 Å². The average molecular weight is 411 g/mol. The number of benzene rings is 2. The van der Waals surface area contributed by atoms with Crippen molar-refractivity contribution in [3.05, 3.63) is 65.2 Å². The lowest BCUT2D eigenvalue weighted by atomic mass is 9.86. The highest BCUT2D eigenvalue weighted by Gasteiger charge is 2.27. The lowest BCUT2D eigenvalue weighted by Gasteiger charge is -2.39. The van der Waals surface area contributed by atoms with Crippen molar-refractivity contribution in [3.63, 3.8) is 0 Å². The maximum Gasteiger partial charge on any atom is 0.231 e. The van der Waals surface area contributed by atoms with Crippen LogP contribution in [0.4, 0.5) is 8.78 Å². The number of nitrogens with zero attached hydrogens (tertiary/aromatic N) is 1. The van der Waals surface area contributed by atoms with Crippen LogP contribution in [-0.2, 0) is 6.42 Å². The van der Waals surface area contributed by atoms with E-state index in [2.05, 4.69) is 23.1 Å². The van der Waals surface area contributed by atoms with Gasteiger partial charge < -0.3 is 14.4 Å². The van der Waals surface area contributed by atoms with Crippen LogP contribution in [0.5, 0.6) is 11.5 Å². The molecule has 2 aromatic rings. The molecule has 2 aliphatic heterocycles. The lowest BCUT2D eigenvalue weighted by Crippen LogP contribution is -2.42. The zero-order valence-corrected chi connectivity index (χ0v) is 17.1. The third-order valence-electron chi connectivity index (χ3n) is 6.81. The zero-order chi connectivity index (χ0) is 20.5. The van der Waals surface area contributed by atoms with Gasteiger partial charge in [-0.25, -0.2) is 8.78 Å². The van der Waals surface area contributed by atoms with Crippen LogP contribution in [0.15, 0.2) is 42.5 Å². The minimum Gasteiger partial charge on any atom is -0.454 e. The van der Waals surface area contributed by atoms with Gasteiger partial charge in [0.05, 0.1) is 0 Å². The van der Waals surface area contributed by atoms with E-state index < -0.39 is 0 Å². The van der Waals surface area contributed by atoms with Gasteiger partial charge in [0, 0.05) is 6.04 Å². The van der Waals surface area contributed by atoms with E-state index in [0.717, 1.165) is 56.7 Å². The molecular weight excluding hydrogens is 384 g/mol. The number of fused-ring (bicyclic) bond motifs is 1. The summed E-state index contributed by atoms with van der Waals surface area (Å²) in [6.45, 7) is 2.39. The summed E-state index contributed by atoms with van der Waals surface area (Å²) in [4.78, 5) is 2.59. The SMILES string of the molecule is Fc1ccc(F)c(CC2CCN(C3CC=C(c4ccc5c(c4)OCO5)CC3)CC2)c1. The smallest absolute Gasteiger partial charge is 0.231 e. The van der Waals surface area contributed by atoms with Crippen LogP contribution >= 0.6 is 0 Å². The van der Waals surface area contributed by atoms with Crippen molar-refractivity contribution >= 4 is 5.57 Å². The zero-order valence-electron chi connectivity index (χ0n) is 17.1. The van der Waals surface area contributed by atoms with Crippen LogP contribution in [0.25, 0.3) is 5.57 Å². The molecule has 2 heterocycles. The molecule has 3 nitrogen and oxygen atoms in total. The van der Waals surface area contributed by atoms with Gasteiger partial charge in [0.2, 0.25) is 6.79 Å². The van der Waals surface area contributed by atoms with E-state index in [1.165, 1.54) is 29.3 Å². The van der Waals surface area contributed by atoms with Crippen molar-refractivity contribution in [2.45, 2.75) is 44.6 Å². The van der Waals surface area contributed by atoms with Crippen LogP contribution < -0.4 is 9.47 Å². The Morgan fingerprint density at radius 2 is 1.77 bits per heavy atom. The maximum atomic E-state index is 13.9. The molecule has 5 heteroatoms. The Kier molecular flexibility index (Phi) is 5.47. The maximum absolute atomic E-state index is 13.9. The number of allylic oxidation sites excluding steroid dienone is 1. The van der Waals surface area contributed by atoms with Crippen LogP contribution in [0.3, 0.4) is 0 Å². The van der Waals surface area contributed by atoms with E-state index in [-0.39, 0.29) is 11.6 Å². The normalized spacial score (nSPS) is 22.2. The molecule has 0 N–H and O–H groups in total. The van der Waals surface area contributed by atoms with Crippen molar-refractivity contribution in [1.82, 2.24) is 4.90 Å². The highest BCUT2D eigenvalue weighted by atomic mass is 19.1. The summed E-state index contributed by atoms with van der Waals surface area (Å²) in [7, 11) is 0. The molecule has 1 unspecified atom stereocenters. The van der Waals surface area contributed by atoms with E-state index in [0.29, 0.717) is 30.7 Å². The monoisotopic (exact) mass is 411 g/mol. The quantitative estimate of drug-likeness (QED) is 0.655. The Morgan fingerprint density at radius 3 is 2.57 bits per heavy atom. The van der Waals surface area contributed by atoms with Gasteiger partial charge in [0.15, 0.2) is 11.5 Å². The molecule has 1 aliphatic carbocycles. The summed E-state index contributed by atoms with van der Waals surface area (Å²) in [6, 6.07) is 10.6. The Morgan fingerprint density at radius 1 is 0.933 bits per heavy atom. The van der Waals surface area contributed by atoms with Crippen molar-refractivity contribution in [2.24, 2.45) is 5.92 Å². The highest BCUT2D eigenvalue weighted by molar-refractivity contribution is 5.69. The molecule has 0 radical (unpaired) electrons. The van der Waals surface area contributed by atoms with Gasteiger partial charge in [-0.15, -0.1) is 0 Å². The summed E-state index contributed by atoms with van der Waals surface area (Å²) in [6.07, 6.45) is 8.39. The summed E-state index contributed by atoms with van der Waals surface area (Å²) >= 11 is 0. The van der Waals surface area contributed by atoms with Crippen LogP contribution in [-0.4, -0.2) is 30.8 Å². The number of rotatable bonds is 4. The first kappa shape index (κ1) is 19.6. The molecule has 0 aromatic heterocycles. The van der Waals surface area contributed by atoms with E-state index >= 15 is 0 Å². The standard InChI is InChI=1S/C25H27F2NO2/c26-21-4-7-23(27)20(14-21)13-17-9-11-28(12-10-17)22-5-1-18(2-6-22)19-3-8-24-25(15-19)30-16-29-24/h1,3-4,7-8,14-15,17,22H,2,5-6,9-13,16H2. The van der Waals surface area contributed by atoms with E-state index in [9.17, 15) is 8.78 Å². The van der Waals surface area contributed by atoms with Crippen molar-refractivity contribution in [3.8, 4) is 11.5 Å². The predicted molar refractivity (Wildman–Crippen MR) is 113 cm³/mol. The second kappa shape index (κ2) is 8.38. The van der Waals surface area contributed by atoms with Gasteiger partial charge in [0.25, 0.3) is 0 Å². The van der Waals surface area contributed by atoms with Gasteiger partial charge in [-0.05, 0) is 105 Å². The predicted octanol–water partition coefficient (Wildman–Crippen LogP) is 5.58. The Balaban J connectivity index is 1.15. The van der Waals surface area contributed by atoms with Gasteiger partial charge in [0.1, 0.15) is 11.6 Å². The number of likely N-dealkylation sites (tertiary alicyclic amines) is 1. The fourth-order valence-electron chi connectivity index (χ4n) is 5.04. The summed E-state index contributed by atoms with van der Waals surface area (Å²) in [5.41, 5.74) is 3.14. The minimum atomic E-state index is -0.351. The second-order valence-corrected chi connectivity index (χ2v) is 8.64. The lowest BCUT2D eigenvalue weighted by molar-refractivity contribution is 0.125. The highest BCUT2D eigenvalue weighted by Crippen LogP contribution is 2.38. The molecule has 0 saturated carbocycles. The van der Waals surface area contributed by atoms with E-state index in [1.54, 1.807) is 0 Å². The summed E-state index contributed by atoms with van der Waals surface area (Å²) in [5.74, 6) is 1.46. The van der Waals surface area contributed by atoms with E-state index in [1.807, 2.05) is 6.07 Å². The largest absolute Gasteiger partial charge is 0.454 e. The van der Waals surface area contributed by atoms with E-state index in [4.69, 9.17) is 9.47 Å². The number of piperidine rings is 1. The fourth-order valence-corrected chi connectivity index (χ4v) is 5.04. The first-order valence-electron chi connectivity index (χ1n) is 10.9. The molecule has 1 atom stereocenters. The molecule has 3 aliphatic rings. The van der Waals surface area contributed by atoms with Crippen molar-refractivity contribution in [2.75, 3.05) is 19.9 Å². The fraction of sp³-hybridized carbons (Fsp3) is 0.440. The topological polar surface area (TPSA) is 21.7 Å². The number of ether oxygens (including phenoxy) is 2. The van der Waals surface area contributed by atoms with Gasteiger partial charge in [-0.3, -0.25) is 0 Å². The van der Waals surface area contributed by atoms with Crippen molar-refractivity contribution < 1.29 is 18.3 Å². The molecule has 0 amide bonds. The molecule has 0 bridgehead atoms. The molecule has 1 saturated heterocycles. The molecule has 30 heavy (non-hydrogen) atoms. The van der Waals surface area contributed by atoms with Gasteiger partial charge >= 0.3 is 0 Å². The Labute approximate surface area is 176 Å². The van der Waals surface area contributed by atoms with Crippen molar-refractivity contribution in [1.29, 1.82) is 0 Å². The molecule has 0 spiro atoms. The van der Waals surface area contributed by atoms with Crippen LogP contribution in [0, 0.1) is 17.6 Å². The molecule has 5 rings (SSSR count). The molecule has 2 aromatic carbocycles. The average Bonchev–Trinajstić information content (AvgIpc) is 3.25. The van der Waals surface area contributed by atoms with Crippen LogP contribution in [0.1, 0.15) is 43.2 Å². The molecule has 1 fully saturated rings. The first-order chi connectivity index (χ1) is 14.7. The summed E-state index contributed by atoms with van der Waals surface area (Å²) in [5, 5.41) is 0.